The Balaban J connectivity index is 2.39. The standard InChI is InChI=1S/C11H20N2O4/c1-7-3-8(2)6-13(5-7)11(17)12-4-9(14)10(15)16/h7-9,14H,3-6H2,1-2H3,(H,12,17)(H,15,16). The Hall–Kier alpha value is -1.30. The SMILES string of the molecule is CC1CC(C)CN(C(=O)NCC(O)C(=O)O)C1. The first-order valence-electron chi connectivity index (χ1n) is 5.83. The van der Waals surface area contributed by atoms with Crippen LogP contribution in [0.25, 0.3) is 0 Å². The fraction of sp³-hybridized carbons (Fsp3) is 0.818. The molecule has 0 saturated carbocycles. The van der Waals surface area contributed by atoms with E-state index >= 15 is 0 Å². The van der Waals surface area contributed by atoms with E-state index in [0.29, 0.717) is 24.9 Å². The van der Waals surface area contributed by atoms with Crippen LogP contribution in [0, 0.1) is 11.8 Å². The Labute approximate surface area is 101 Å². The lowest BCUT2D eigenvalue weighted by molar-refractivity contribution is -0.146. The van der Waals surface area contributed by atoms with Crippen LogP contribution >= 0.6 is 0 Å². The minimum absolute atomic E-state index is 0.257. The summed E-state index contributed by atoms with van der Waals surface area (Å²) in [4.78, 5) is 23.8. The van der Waals surface area contributed by atoms with E-state index in [2.05, 4.69) is 19.2 Å². The number of likely N-dealkylation sites (tertiary alicyclic amines) is 1. The van der Waals surface area contributed by atoms with Gasteiger partial charge in [-0.3, -0.25) is 0 Å². The number of rotatable bonds is 3. The quantitative estimate of drug-likeness (QED) is 0.657. The molecule has 0 radical (unpaired) electrons. The van der Waals surface area contributed by atoms with Gasteiger partial charge in [-0.15, -0.1) is 0 Å². The zero-order valence-electron chi connectivity index (χ0n) is 10.2. The first-order chi connectivity index (χ1) is 7.90. The smallest absolute Gasteiger partial charge is 0.334 e. The molecule has 1 heterocycles. The van der Waals surface area contributed by atoms with E-state index in [1.807, 2.05) is 0 Å². The van der Waals surface area contributed by atoms with E-state index in [4.69, 9.17) is 10.2 Å². The van der Waals surface area contributed by atoms with Crippen LogP contribution in [0.1, 0.15) is 20.3 Å². The highest BCUT2D eigenvalue weighted by atomic mass is 16.4. The van der Waals surface area contributed by atoms with Gasteiger partial charge >= 0.3 is 12.0 Å². The molecule has 1 saturated heterocycles. The van der Waals surface area contributed by atoms with Gasteiger partial charge in [-0.05, 0) is 18.3 Å². The number of aliphatic carboxylic acids is 1. The molecule has 17 heavy (non-hydrogen) atoms. The number of nitrogens with zero attached hydrogens (tertiary/aromatic N) is 1. The second-order valence-electron chi connectivity index (χ2n) is 4.89. The van der Waals surface area contributed by atoms with Gasteiger partial charge < -0.3 is 20.4 Å². The highest BCUT2D eigenvalue weighted by Gasteiger charge is 2.25. The Morgan fingerprint density at radius 2 is 1.88 bits per heavy atom. The molecule has 2 amide bonds. The summed E-state index contributed by atoms with van der Waals surface area (Å²) in [7, 11) is 0. The van der Waals surface area contributed by atoms with Crippen LogP contribution in [0.2, 0.25) is 0 Å². The molecular formula is C11H20N2O4. The molecule has 0 bridgehead atoms. The van der Waals surface area contributed by atoms with Gasteiger partial charge in [-0.25, -0.2) is 9.59 Å². The summed E-state index contributed by atoms with van der Waals surface area (Å²) in [6.07, 6.45) is -0.444. The van der Waals surface area contributed by atoms with Crippen molar-refractivity contribution in [2.45, 2.75) is 26.4 Å². The molecule has 0 aliphatic carbocycles. The van der Waals surface area contributed by atoms with Crippen LogP contribution in [0.15, 0.2) is 0 Å². The number of hydrogen-bond acceptors (Lipinski definition) is 3. The predicted molar refractivity (Wildman–Crippen MR) is 61.6 cm³/mol. The largest absolute Gasteiger partial charge is 0.479 e. The zero-order valence-corrected chi connectivity index (χ0v) is 10.2. The number of aliphatic hydroxyl groups excluding tert-OH is 1. The number of hydrogen-bond donors (Lipinski definition) is 3. The van der Waals surface area contributed by atoms with Crippen molar-refractivity contribution in [3.63, 3.8) is 0 Å². The number of aliphatic hydroxyl groups is 1. The molecule has 0 aromatic heterocycles. The van der Waals surface area contributed by atoms with Gasteiger partial charge in [0.05, 0.1) is 6.54 Å². The van der Waals surface area contributed by atoms with Gasteiger partial charge in [0.25, 0.3) is 0 Å². The van der Waals surface area contributed by atoms with Crippen LogP contribution in [-0.4, -0.2) is 52.9 Å². The highest BCUT2D eigenvalue weighted by Crippen LogP contribution is 2.20. The number of carboxylic acids is 1. The number of nitrogens with one attached hydrogen (secondary N) is 1. The normalized spacial score (nSPS) is 26.4. The summed E-state index contributed by atoms with van der Waals surface area (Å²) in [6, 6.07) is -0.302. The fourth-order valence-corrected chi connectivity index (χ4v) is 2.21. The first-order valence-corrected chi connectivity index (χ1v) is 5.83. The lowest BCUT2D eigenvalue weighted by Crippen LogP contribution is -2.49. The van der Waals surface area contributed by atoms with Gasteiger partial charge in [0, 0.05) is 13.1 Å². The first kappa shape index (κ1) is 13.8. The summed E-state index contributed by atoms with van der Waals surface area (Å²) < 4.78 is 0. The number of carbonyl (C=O) groups is 2. The molecule has 1 aliphatic rings. The molecule has 98 valence electrons. The van der Waals surface area contributed by atoms with Crippen molar-refractivity contribution in [1.29, 1.82) is 0 Å². The topological polar surface area (TPSA) is 89.9 Å². The molecule has 3 unspecified atom stereocenters. The molecule has 6 heteroatoms. The third kappa shape index (κ3) is 4.22. The Morgan fingerprint density at radius 3 is 2.35 bits per heavy atom. The third-order valence-electron chi connectivity index (χ3n) is 2.89. The van der Waals surface area contributed by atoms with Crippen molar-refractivity contribution in [2.75, 3.05) is 19.6 Å². The maximum Gasteiger partial charge on any atom is 0.334 e. The Bertz CT molecular complexity index is 285. The summed E-state index contributed by atoms with van der Waals surface area (Å²) in [5.74, 6) is -0.423. The maximum atomic E-state index is 11.7. The summed E-state index contributed by atoms with van der Waals surface area (Å²) >= 11 is 0. The molecule has 1 rings (SSSR count). The monoisotopic (exact) mass is 244 g/mol. The van der Waals surface area contributed by atoms with Gasteiger partial charge in [-0.2, -0.15) is 0 Å². The van der Waals surface area contributed by atoms with E-state index in [-0.39, 0.29) is 12.6 Å². The van der Waals surface area contributed by atoms with E-state index < -0.39 is 12.1 Å². The molecule has 0 aromatic carbocycles. The van der Waals surface area contributed by atoms with Crippen molar-refractivity contribution in [3.8, 4) is 0 Å². The molecule has 3 atom stereocenters. The highest BCUT2D eigenvalue weighted by molar-refractivity contribution is 5.76. The molecule has 0 aromatic rings. The van der Waals surface area contributed by atoms with Crippen LogP contribution in [-0.2, 0) is 4.79 Å². The summed E-state index contributed by atoms with van der Waals surface area (Å²) in [6.45, 7) is 5.27. The van der Waals surface area contributed by atoms with Crippen LogP contribution in [0.3, 0.4) is 0 Å². The average Bonchev–Trinajstić information content (AvgIpc) is 2.23. The third-order valence-corrected chi connectivity index (χ3v) is 2.89. The van der Waals surface area contributed by atoms with Crippen molar-refractivity contribution >= 4 is 12.0 Å². The van der Waals surface area contributed by atoms with Crippen molar-refractivity contribution in [3.05, 3.63) is 0 Å². The summed E-state index contributed by atoms with van der Waals surface area (Å²) in [5.41, 5.74) is 0. The lowest BCUT2D eigenvalue weighted by Gasteiger charge is -2.35. The molecule has 1 fully saturated rings. The molecule has 6 nitrogen and oxygen atoms in total. The predicted octanol–water partition coefficient (Wildman–Crippen LogP) is 0.119. The Morgan fingerprint density at radius 1 is 1.35 bits per heavy atom. The number of carboxylic acid groups (broad SMARTS) is 1. The minimum Gasteiger partial charge on any atom is -0.479 e. The van der Waals surface area contributed by atoms with Crippen molar-refractivity contribution in [2.24, 2.45) is 11.8 Å². The summed E-state index contributed by atoms with van der Waals surface area (Å²) in [5, 5.41) is 20.0. The maximum absolute atomic E-state index is 11.7. The number of amides is 2. The minimum atomic E-state index is -1.54. The second kappa shape index (κ2) is 5.86. The van der Waals surface area contributed by atoms with Gasteiger partial charge in [0.1, 0.15) is 0 Å². The molecule has 0 spiro atoms. The second-order valence-corrected chi connectivity index (χ2v) is 4.89. The molecule has 3 N–H and O–H groups in total. The average molecular weight is 244 g/mol. The van der Waals surface area contributed by atoms with Gasteiger partial charge in [-0.1, -0.05) is 13.8 Å². The Kier molecular flexibility index (Phi) is 4.74. The van der Waals surface area contributed by atoms with Crippen molar-refractivity contribution in [1.82, 2.24) is 10.2 Å². The molecule has 1 aliphatic heterocycles. The zero-order chi connectivity index (χ0) is 13.0. The van der Waals surface area contributed by atoms with E-state index in [0.717, 1.165) is 6.42 Å². The van der Waals surface area contributed by atoms with Crippen molar-refractivity contribution < 1.29 is 19.8 Å². The number of urea groups is 1. The lowest BCUT2D eigenvalue weighted by atomic mass is 9.92. The van der Waals surface area contributed by atoms with Crippen LogP contribution in [0.4, 0.5) is 4.79 Å². The number of piperidine rings is 1. The van der Waals surface area contributed by atoms with E-state index in [1.54, 1.807) is 4.90 Å². The van der Waals surface area contributed by atoms with Gasteiger partial charge in [0.15, 0.2) is 6.10 Å². The van der Waals surface area contributed by atoms with Gasteiger partial charge in [0.2, 0.25) is 0 Å². The molecular weight excluding hydrogens is 224 g/mol. The van der Waals surface area contributed by atoms with Crippen LogP contribution < -0.4 is 5.32 Å². The number of carbonyl (C=O) groups excluding carboxylic acids is 1. The van der Waals surface area contributed by atoms with E-state index in [9.17, 15) is 9.59 Å². The van der Waals surface area contributed by atoms with Crippen LogP contribution in [0.5, 0.6) is 0 Å². The fourth-order valence-electron chi connectivity index (χ4n) is 2.21. The van der Waals surface area contributed by atoms with E-state index in [1.165, 1.54) is 0 Å².